The quantitative estimate of drug-likeness (QED) is 0.563. The molecule has 0 atom stereocenters. The average molecular weight is 236 g/mol. The van der Waals surface area contributed by atoms with Gasteiger partial charge in [0.25, 0.3) is 0 Å². The van der Waals surface area contributed by atoms with Crippen LogP contribution in [0.25, 0.3) is 0 Å². The Hall–Kier alpha value is -1.51. The van der Waals surface area contributed by atoms with Crippen LogP contribution in [-0.4, -0.2) is 19.7 Å². The number of benzene rings is 1. The lowest BCUT2D eigenvalue weighted by atomic mass is 10.1. The van der Waals surface area contributed by atoms with E-state index in [9.17, 15) is 4.79 Å². The minimum atomic E-state index is -0.218. The number of hydrogen-bond acceptors (Lipinski definition) is 3. The van der Waals surface area contributed by atoms with Crippen LogP contribution in [-0.2, 0) is 16.0 Å². The van der Waals surface area contributed by atoms with Crippen LogP contribution in [0.4, 0.5) is 0 Å². The van der Waals surface area contributed by atoms with E-state index in [4.69, 9.17) is 4.74 Å². The minimum Gasteiger partial charge on any atom is -0.493 e. The smallest absolute Gasteiger partial charge is 0.309 e. The van der Waals surface area contributed by atoms with Gasteiger partial charge in [0.05, 0.1) is 20.1 Å². The molecule has 0 saturated heterocycles. The number of carbonyl (C=O) groups excluding carboxylic acids is 1. The Bertz CT molecular complexity index is 372. The summed E-state index contributed by atoms with van der Waals surface area (Å²) in [5.41, 5.74) is 2.01. The Balaban J connectivity index is 2.62. The molecule has 17 heavy (non-hydrogen) atoms. The van der Waals surface area contributed by atoms with Crippen molar-refractivity contribution in [2.45, 2.75) is 33.1 Å². The van der Waals surface area contributed by atoms with Gasteiger partial charge in [0.15, 0.2) is 0 Å². The van der Waals surface area contributed by atoms with E-state index in [1.165, 1.54) is 7.11 Å². The van der Waals surface area contributed by atoms with Gasteiger partial charge in [-0.25, -0.2) is 0 Å². The van der Waals surface area contributed by atoms with Gasteiger partial charge in [-0.3, -0.25) is 4.79 Å². The minimum absolute atomic E-state index is 0.218. The fraction of sp³-hybridized carbons (Fsp3) is 0.500. The van der Waals surface area contributed by atoms with Crippen molar-refractivity contribution < 1.29 is 14.3 Å². The van der Waals surface area contributed by atoms with Crippen molar-refractivity contribution in [1.82, 2.24) is 0 Å². The summed E-state index contributed by atoms with van der Waals surface area (Å²) in [6.45, 7) is 4.87. The number of esters is 1. The molecule has 0 radical (unpaired) electrons. The maximum atomic E-state index is 11.1. The average Bonchev–Trinajstić information content (AvgIpc) is 2.32. The SMILES string of the molecule is CCCCOc1ccc(CC(=O)OC)cc1C. The molecule has 1 rings (SSSR count). The van der Waals surface area contributed by atoms with E-state index in [2.05, 4.69) is 11.7 Å². The van der Waals surface area contributed by atoms with Crippen LogP contribution in [0, 0.1) is 6.92 Å². The largest absolute Gasteiger partial charge is 0.493 e. The first-order chi connectivity index (χ1) is 8.17. The van der Waals surface area contributed by atoms with Crippen molar-refractivity contribution in [2.24, 2.45) is 0 Å². The molecular formula is C14H20O3. The summed E-state index contributed by atoms with van der Waals surface area (Å²) in [4.78, 5) is 11.1. The monoisotopic (exact) mass is 236 g/mol. The van der Waals surface area contributed by atoms with Gasteiger partial charge in [-0.15, -0.1) is 0 Å². The van der Waals surface area contributed by atoms with E-state index in [0.29, 0.717) is 6.42 Å². The highest BCUT2D eigenvalue weighted by atomic mass is 16.5. The number of methoxy groups -OCH3 is 1. The topological polar surface area (TPSA) is 35.5 Å². The van der Waals surface area contributed by atoms with Crippen LogP contribution in [0.5, 0.6) is 5.75 Å². The third-order valence-corrected chi connectivity index (χ3v) is 2.57. The molecule has 3 heteroatoms. The van der Waals surface area contributed by atoms with Gasteiger partial charge < -0.3 is 9.47 Å². The Morgan fingerprint density at radius 1 is 1.35 bits per heavy atom. The van der Waals surface area contributed by atoms with Crippen LogP contribution >= 0.6 is 0 Å². The maximum absolute atomic E-state index is 11.1. The highest BCUT2D eigenvalue weighted by Gasteiger charge is 2.05. The molecule has 0 unspecified atom stereocenters. The molecule has 3 nitrogen and oxygen atoms in total. The van der Waals surface area contributed by atoms with Crippen molar-refractivity contribution in [2.75, 3.05) is 13.7 Å². The summed E-state index contributed by atoms with van der Waals surface area (Å²) in [5.74, 6) is 0.677. The van der Waals surface area contributed by atoms with Crippen molar-refractivity contribution in [3.05, 3.63) is 29.3 Å². The molecule has 0 aliphatic heterocycles. The van der Waals surface area contributed by atoms with E-state index >= 15 is 0 Å². The first-order valence-electron chi connectivity index (χ1n) is 5.96. The lowest BCUT2D eigenvalue weighted by molar-refractivity contribution is -0.139. The fourth-order valence-electron chi connectivity index (χ4n) is 1.55. The lowest BCUT2D eigenvalue weighted by Gasteiger charge is -2.10. The highest BCUT2D eigenvalue weighted by molar-refractivity contribution is 5.72. The molecule has 0 bridgehead atoms. The second-order valence-corrected chi connectivity index (χ2v) is 4.05. The van der Waals surface area contributed by atoms with Gasteiger partial charge >= 0.3 is 5.97 Å². The summed E-state index contributed by atoms with van der Waals surface area (Å²) < 4.78 is 10.3. The summed E-state index contributed by atoms with van der Waals surface area (Å²) in [6.07, 6.45) is 2.50. The number of ether oxygens (including phenoxy) is 2. The second kappa shape index (κ2) is 6.94. The number of hydrogen-bond donors (Lipinski definition) is 0. The molecule has 0 aliphatic carbocycles. The molecule has 94 valence electrons. The van der Waals surface area contributed by atoms with Crippen LogP contribution in [0.15, 0.2) is 18.2 Å². The van der Waals surface area contributed by atoms with E-state index < -0.39 is 0 Å². The van der Waals surface area contributed by atoms with Gasteiger partial charge in [0, 0.05) is 0 Å². The number of aryl methyl sites for hydroxylation is 1. The van der Waals surface area contributed by atoms with Gasteiger partial charge in [0.1, 0.15) is 5.75 Å². The lowest BCUT2D eigenvalue weighted by Crippen LogP contribution is -2.05. The molecule has 0 saturated carbocycles. The van der Waals surface area contributed by atoms with Crippen molar-refractivity contribution in [3.8, 4) is 5.75 Å². The molecule has 0 fully saturated rings. The molecule has 0 N–H and O–H groups in total. The third-order valence-electron chi connectivity index (χ3n) is 2.57. The van der Waals surface area contributed by atoms with Crippen LogP contribution < -0.4 is 4.74 Å². The van der Waals surface area contributed by atoms with Gasteiger partial charge in [0.2, 0.25) is 0 Å². The van der Waals surface area contributed by atoms with Crippen LogP contribution in [0.3, 0.4) is 0 Å². The molecule has 0 amide bonds. The predicted molar refractivity (Wildman–Crippen MR) is 67.3 cm³/mol. The Kier molecular flexibility index (Phi) is 5.53. The summed E-state index contributed by atoms with van der Waals surface area (Å²) in [5, 5.41) is 0. The van der Waals surface area contributed by atoms with Crippen LogP contribution in [0.2, 0.25) is 0 Å². The van der Waals surface area contributed by atoms with Crippen molar-refractivity contribution in [1.29, 1.82) is 0 Å². The molecule has 0 aliphatic rings. The molecule has 0 spiro atoms. The van der Waals surface area contributed by atoms with Gasteiger partial charge in [-0.2, -0.15) is 0 Å². The zero-order valence-corrected chi connectivity index (χ0v) is 10.8. The zero-order valence-electron chi connectivity index (χ0n) is 10.8. The third kappa shape index (κ3) is 4.47. The Labute approximate surface area is 103 Å². The second-order valence-electron chi connectivity index (χ2n) is 4.05. The van der Waals surface area contributed by atoms with Gasteiger partial charge in [-0.05, 0) is 30.5 Å². The van der Waals surface area contributed by atoms with E-state index in [1.54, 1.807) is 0 Å². The molecule has 1 aromatic rings. The van der Waals surface area contributed by atoms with E-state index in [1.807, 2.05) is 25.1 Å². The fourth-order valence-corrected chi connectivity index (χ4v) is 1.55. The molecule has 1 aromatic carbocycles. The summed E-state index contributed by atoms with van der Waals surface area (Å²) in [7, 11) is 1.40. The zero-order chi connectivity index (χ0) is 12.7. The van der Waals surface area contributed by atoms with E-state index in [0.717, 1.165) is 36.3 Å². The summed E-state index contributed by atoms with van der Waals surface area (Å²) >= 11 is 0. The number of unbranched alkanes of at least 4 members (excludes halogenated alkanes) is 1. The number of rotatable bonds is 6. The Morgan fingerprint density at radius 2 is 2.12 bits per heavy atom. The summed E-state index contributed by atoms with van der Waals surface area (Å²) in [6, 6.07) is 5.80. The standard InChI is InChI=1S/C14H20O3/c1-4-5-8-17-13-7-6-12(9-11(13)2)10-14(15)16-3/h6-7,9H,4-5,8,10H2,1-3H3. The molecule has 0 aromatic heterocycles. The maximum Gasteiger partial charge on any atom is 0.309 e. The van der Waals surface area contributed by atoms with Gasteiger partial charge in [-0.1, -0.05) is 25.5 Å². The normalized spacial score (nSPS) is 10.1. The Morgan fingerprint density at radius 3 is 2.71 bits per heavy atom. The predicted octanol–water partition coefficient (Wildman–Crippen LogP) is 2.89. The van der Waals surface area contributed by atoms with E-state index in [-0.39, 0.29) is 5.97 Å². The first kappa shape index (κ1) is 13.6. The highest BCUT2D eigenvalue weighted by Crippen LogP contribution is 2.19. The molecular weight excluding hydrogens is 216 g/mol. The van der Waals surface area contributed by atoms with Crippen LogP contribution in [0.1, 0.15) is 30.9 Å². The number of carbonyl (C=O) groups is 1. The van der Waals surface area contributed by atoms with Crippen molar-refractivity contribution in [3.63, 3.8) is 0 Å². The first-order valence-corrected chi connectivity index (χ1v) is 5.96. The molecule has 0 heterocycles. The van der Waals surface area contributed by atoms with Crippen molar-refractivity contribution >= 4 is 5.97 Å².